The summed E-state index contributed by atoms with van der Waals surface area (Å²) in [6, 6.07) is 5.79. The van der Waals surface area contributed by atoms with E-state index < -0.39 is 0 Å². The maximum absolute atomic E-state index is 11.1. The molecule has 0 fully saturated rings. The first-order chi connectivity index (χ1) is 6.79. The number of methoxy groups -OCH3 is 1. The van der Waals surface area contributed by atoms with Crippen molar-refractivity contribution in [2.45, 2.75) is 6.42 Å². The molecular weight excluding hydrogens is 180 g/mol. The summed E-state index contributed by atoms with van der Waals surface area (Å²) >= 11 is 0. The lowest BCUT2D eigenvalue weighted by atomic mass is 10.1. The number of amides is 1. The zero-order valence-corrected chi connectivity index (χ0v) is 7.96. The molecule has 4 heteroatoms. The molecule has 2 rings (SSSR count). The van der Waals surface area contributed by atoms with Gasteiger partial charge in [-0.2, -0.15) is 0 Å². The Balaban J connectivity index is 2.16. The van der Waals surface area contributed by atoms with Gasteiger partial charge in [0.1, 0.15) is 6.73 Å². The van der Waals surface area contributed by atoms with Crippen LogP contribution < -0.4 is 10.6 Å². The van der Waals surface area contributed by atoms with Gasteiger partial charge in [0.15, 0.2) is 0 Å². The SMILES string of the molecule is COCNc1ccc2c(c1)CC(=O)N2. The number of ether oxygens (including phenoxy) is 1. The fraction of sp³-hybridized carbons (Fsp3) is 0.300. The van der Waals surface area contributed by atoms with E-state index in [1.54, 1.807) is 7.11 Å². The minimum absolute atomic E-state index is 0.0592. The van der Waals surface area contributed by atoms with E-state index in [1.165, 1.54) is 0 Å². The van der Waals surface area contributed by atoms with Crippen molar-refractivity contribution in [2.75, 3.05) is 24.5 Å². The average molecular weight is 192 g/mol. The van der Waals surface area contributed by atoms with Crippen LogP contribution in [0.5, 0.6) is 0 Å². The Morgan fingerprint density at radius 2 is 2.43 bits per heavy atom. The highest BCUT2D eigenvalue weighted by atomic mass is 16.5. The largest absolute Gasteiger partial charge is 0.365 e. The number of hydrogen-bond donors (Lipinski definition) is 2. The maximum Gasteiger partial charge on any atom is 0.228 e. The first-order valence-corrected chi connectivity index (χ1v) is 4.45. The van der Waals surface area contributed by atoms with Gasteiger partial charge in [-0.15, -0.1) is 0 Å². The average Bonchev–Trinajstić information content (AvgIpc) is 2.54. The van der Waals surface area contributed by atoms with Gasteiger partial charge in [-0.3, -0.25) is 4.79 Å². The van der Waals surface area contributed by atoms with Crippen LogP contribution in [0.15, 0.2) is 18.2 Å². The van der Waals surface area contributed by atoms with Crippen LogP contribution in [0, 0.1) is 0 Å². The highest BCUT2D eigenvalue weighted by molar-refractivity contribution is 5.99. The Morgan fingerprint density at radius 3 is 3.21 bits per heavy atom. The van der Waals surface area contributed by atoms with Crippen LogP contribution in [0.1, 0.15) is 5.56 Å². The predicted molar refractivity (Wildman–Crippen MR) is 54.3 cm³/mol. The number of hydrogen-bond acceptors (Lipinski definition) is 3. The Labute approximate surface area is 82.3 Å². The van der Waals surface area contributed by atoms with Crippen LogP contribution in [0.25, 0.3) is 0 Å². The number of carbonyl (C=O) groups is 1. The summed E-state index contributed by atoms with van der Waals surface area (Å²) in [5.74, 6) is 0.0592. The zero-order chi connectivity index (χ0) is 9.97. The van der Waals surface area contributed by atoms with Crippen molar-refractivity contribution in [1.29, 1.82) is 0 Å². The molecule has 1 amide bonds. The van der Waals surface area contributed by atoms with E-state index in [0.717, 1.165) is 16.9 Å². The van der Waals surface area contributed by atoms with Crippen molar-refractivity contribution >= 4 is 17.3 Å². The van der Waals surface area contributed by atoms with Crippen molar-refractivity contribution < 1.29 is 9.53 Å². The van der Waals surface area contributed by atoms with Crippen LogP contribution in [-0.2, 0) is 16.0 Å². The van der Waals surface area contributed by atoms with Crippen molar-refractivity contribution in [3.05, 3.63) is 23.8 Å². The molecule has 1 heterocycles. The fourth-order valence-corrected chi connectivity index (χ4v) is 1.49. The highest BCUT2D eigenvalue weighted by Crippen LogP contribution is 2.25. The molecule has 0 spiro atoms. The minimum atomic E-state index is 0.0592. The lowest BCUT2D eigenvalue weighted by Gasteiger charge is -2.06. The first-order valence-electron chi connectivity index (χ1n) is 4.45. The summed E-state index contributed by atoms with van der Waals surface area (Å²) < 4.78 is 4.89. The smallest absolute Gasteiger partial charge is 0.228 e. The van der Waals surface area contributed by atoms with Crippen molar-refractivity contribution in [3.63, 3.8) is 0 Å². The monoisotopic (exact) mass is 192 g/mol. The number of rotatable bonds is 3. The molecule has 0 saturated carbocycles. The van der Waals surface area contributed by atoms with E-state index in [-0.39, 0.29) is 5.91 Å². The van der Waals surface area contributed by atoms with Crippen LogP contribution in [0.2, 0.25) is 0 Å². The minimum Gasteiger partial charge on any atom is -0.365 e. The topological polar surface area (TPSA) is 50.4 Å². The zero-order valence-electron chi connectivity index (χ0n) is 7.96. The standard InChI is InChI=1S/C10H12N2O2/c1-14-6-11-8-2-3-9-7(4-8)5-10(13)12-9/h2-4,11H,5-6H2,1H3,(H,12,13). The molecule has 1 aromatic rings. The lowest BCUT2D eigenvalue weighted by molar-refractivity contribution is -0.115. The van der Waals surface area contributed by atoms with E-state index in [1.807, 2.05) is 18.2 Å². The molecule has 0 aliphatic carbocycles. The van der Waals surface area contributed by atoms with Gasteiger partial charge in [0.05, 0.1) is 6.42 Å². The van der Waals surface area contributed by atoms with Crippen LogP contribution in [0.4, 0.5) is 11.4 Å². The molecule has 0 saturated heterocycles. The van der Waals surface area contributed by atoms with Crippen LogP contribution in [-0.4, -0.2) is 19.7 Å². The van der Waals surface area contributed by atoms with Gasteiger partial charge in [-0.05, 0) is 23.8 Å². The number of fused-ring (bicyclic) bond motifs is 1. The molecule has 0 unspecified atom stereocenters. The van der Waals surface area contributed by atoms with E-state index >= 15 is 0 Å². The molecule has 1 aliphatic rings. The van der Waals surface area contributed by atoms with Crippen LogP contribution in [0.3, 0.4) is 0 Å². The molecule has 14 heavy (non-hydrogen) atoms. The van der Waals surface area contributed by atoms with E-state index in [0.29, 0.717) is 13.2 Å². The summed E-state index contributed by atoms with van der Waals surface area (Å²) in [5, 5.41) is 5.86. The van der Waals surface area contributed by atoms with Gasteiger partial charge >= 0.3 is 0 Å². The Kier molecular flexibility index (Phi) is 2.37. The molecule has 0 atom stereocenters. The van der Waals surface area contributed by atoms with E-state index in [2.05, 4.69) is 10.6 Å². The number of anilines is 2. The Bertz CT molecular complexity index is 363. The quantitative estimate of drug-likeness (QED) is 0.707. The predicted octanol–water partition coefficient (Wildman–Crippen LogP) is 1.20. The third-order valence-corrected chi connectivity index (χ3v) is 2.15. The number of benzene rings is 1. The normalized spacial score (nSPS) is 13.6. The van der Waals surface area contributed by atoms with Gasteiger partial charge in [-0.25, -0.2) is 0 Å². The molecule has 1 aliphatic heterocycles. The maximum atomic E-state index is 11.1. The van der Waals surface area contributed by atoms with Gasteiger partial charge < -0.3 is 15.4 Å². The van der Waals surface area contributed by atoms with E-state index in [9.17, 15) is 4.79 Å². The van der Waals surface area contributed by atoms with Crippen LogP contribution >= 0.6 is 0 Å². The molecule has 0 radical (unpaired) electrons. The van der Waals surface area contributed by atoms with E-state index in [4.69, 9.17) is 4.74 Å². The van der Waals surface area contributed by atoms with Gasteiger partial charge in [0.25, 0.3) is 0 Å². The summed E-state index contributed by atoms with van der Waals surface area (Å²) in [6.07, 6.45) is 0.470. The Hall–Kier alpha value is -1.55. The molecule has 2 N–H and O–H groups in total. The second kappa shape index (κ2) is 3.67. The Morgan fingerprint density at radius 1 is 1.57 bits per heavy atom. The second-order valence-electron chi connectivity index (χ2n) is 3.21. The summed E-state index contributed by atoms with van der Waals surface area (Å²) in [7, 11) is 1.63. The third kappa shape index (κ3) is 1.70. The summed E-state index contributed by atoms with van der Waals surface area (Å²) in [4.78, 5) is 11.1. The fourth-order valence-electron chi connectivity index (χ4n) is 1.49. The van der Waals surface area contributed by atoms with Gasteiger partial charge in [0, 0.05) is 18.5 Å². The molecule has 0 aromatic heterocycles. The van der Waals surface area contributed by atoms with Crippen molar-refractivity contribution in [1.82, 2.24) is 0 Å². The molecule has 74 valence electrons. The second-order valence-corrected chi connectivity index (χ2v) is 3.21. The first kappa shape index (κ1) is 9.02. The number of carbonyl (C=O) groups excluding carboxylic acids is 1. The highest BCUT2D eigenvalue weighted by Gasteiger charge is 2.16. The lowest BCUT2D eigenvalue weighted by Crippen LogP contribution is -2.03. The molecule has 0 bridgehead atoms. The summed E-state index contributed by atoms with van der Waals surface area (Å²) in [5.41, 5.74) is 2.93. The molecule has 4 nitrogen and oxygen atoms in total. The van der Waals surface area contributed by atoms with Gasteiger partial charge in [-0.1, -0.05) is 0 Å². The third-order valence-electron chi connectivity index (χ3n) is 2.15. The summed E-state index contributed by atoms with van der Waals surface area (Å²) in [6.45, 7) is 0.472. The van der Waals surface area contributed by atoms with Crippen molar-refractivity contribution in [3.8, 4) is 0 Å². The van der Waals surface area contributed by atoms with Crippen molar-refractivity contribution in [2.24, 2.45) is 0 Å². The van der Waals surface area contributed by atoms with Gasteiger partial charge in [0.2, 0.25) is 5.91 Å². The number of nitrogens with one attached hydrogen (secondary N) is 2. The molecular formula is C10H12N2O2. The molecule has 1 aromatic carbocycles.